The second kappa shape index (κ2) is 5.88. The maximum atomic E-state index is 11.2. The molecule has 2 rings (SSSR count). The molecule has 0 aliphatic rings. The van der Waals surface area contributed by atoms with Crippen LogP contribution < -0.4 is 10.6 Å². The van der Waals surface area contributed by atoms with Crippen molar-refractivity contribution in [2.45, 2.75) is 31.1 Å². The predicted molar refractivity (Wildman–Crippen MR) is 89.0 cm³/mol. The van der Waals surface area contributed by atoms with E-state index in [0.717, 1.165) is 10.6 Å². The Labute approximate surface area is 127 Å². The number of rotatable bonds is 3. The van der Waals surface area contributed by atoms with Crippen molar-refractivity contribution >= 4 is 29.3 Å². The standard InChI is InChI=1S/C16H19O3PS/c1-16(2,3)12-7-9-13(10-8-12)20-14-5-4-6-15(11-14)21(17,18)19/h4-11,20H,1-3H3,(H,17,18,19). The smallest absolute Gasteiger partial charge is 0.282 e. The van der Waals surface area contributed by atoms with E-state index in [1.807, 2.05) is 6.07 Å². The zero-order valence-corrected chi connectivity index (χ0v) is 14.1. The van der Waals surface area contributed by atoms with Crippen LogP contribution in [0, 0.1) is 0 Å². The fraction of sp³-hybridized carbons (Fsp3) is 0.250. The third-order valence-electron chi connectivity index (χ3n) is 3.17. The van der Waals surface area contributed by atoms with E-state index in [1.165, 1.54) is 17.7 Å². The number of benzene rings is 2. The van der Waals surface area contributed by atoms with Gasteiger partial charge in [-0.15, -0.1) is 0 Å². The average Bonchev–Trinajstić information content (AvgIpc) is 2.37. The Balaban J connectivity index is 2.23. The summed E-state index contributed by atoms with van der Waals surface area (Å²) in [6.07, 6.45) is 0. The largest absolute Gasteiger partial charge is 0.294 e. The molecule has 0 fully saturated rings. The highest BCUT2D eigenvalue weighted by atomic mass is 32.2. The molecule has 0 aromatic heterocycles. The van der Waals surface area contributed by atoms with Gasteiger partial charge < -0.3 is 0 Å². The molecule has 1 unspecified atom stereocenters. The first-order valence-electron chi connectivity index (χ1n) is 6.61. The quantitative estimate of drug-likeness (QED) is 0.698. The lowest BCUT2D eigenvalue weighted by Gasteiger charge is -2.19. The Hall–Kier alpha value is -1.22. The van der Waals surface area contributed by atoms with E-state index in [4.69, 9.17) is 4.55 Å². The van der Waals surface area contributed by atoms with Crippen LogP contribution in [0.15, 0.2) is 53.4 Å². The van der Waals surface area contributed by atoms with Crippen molar-refractivity contribution in [1.82, 2.24) is 0 Å². The summed E-state index contributed by atoms with van der Waals surface area (Å²) < 4.78 is 31.4. The van der Waals surface area contributed by atoms with E-state index in [-0.39, 0.29) is 10.3 Å². The van der Waals surface area contributed by atoms with Gasteiger partial charge >= 0.3 is 0 Å². The van der Waals surface area contributed by atoms with Gasteiger partial charge in [-0.1, -0.05) is 65.8 Å². The topological polar surface area (TPSA) is 54.4 Å². The highest BCUT2D eigenvalue weighted by molar-refractivity contribution is 7.85. The Morgan fingerprint density at radius 1 is 0.952 bits per heavy atom. The van der Waals surface area contributed by atoms with Gasteiger partial charge in [0.1, 0.15) is 0 Å². The molecule has 0 saturated carbocycles. The maximum absolute atomic E-state index is 11.2. The van der Waals surface area contributed by atoms with Crippen LogP contribution in [0.2, 0.25) is 0 Å². The van der Waals surface area contributed by atoms with Crippen LogP contribution in [-0.4, -0.2) is 13.0 Å². The molecular weight excluding hydrogens is 303 g/mol. The van der Waals surface area contributed by atoms with Crippen LogP contribution >= 0.6 is 8.58 Å². The number of hydrogen-bond acceptors (Lipinski definition) is 2. The lowest BCUT2D eigenvalue weighted by molar-refractivity contribution is 0.483. The molecule has 0 aliphatic heterocycles. The zero-order chi connectivity index (χ0) is 15.7. The van der Waals surface area contributed by atoms with E-state index >= 15 is 0 Å². The monoisotopic (exact) mass is 322 g/mol. The van der Waals surface area contributed by atoms with Crippen LogP contribution in [0.4, 0.5) is 0 Å². The van der Waals surface area contributed by atoms with Gasteiger partial charge in [-0.25, -0.2) is 0 Å². The zero-order valence-electron chi connectivity index (χ0n) is 12.3. The Bertz CT molecular complexity index is 729. The fourth-order valence-electron chi connectivity index (χ4n) is 1.95. The van der Waals surface area contributed by atoms with E-state index in [2.05, 4.69) is 45.0 Å². The summed E-state index contributed by atoms with van der Waals surface area (Å²) >= 11 is 0. The average molecular weight is 322 g/mol. The summed E-state index contributed by atoms with van der Waals surface area (Å²) in [5.74, 6) is 0. The van der Waals surface area contributed by atoms with Crippen LogP contribution in [0.1, 0.15) is 26.3 Å². The molecule has 2 aromatic rings. The van der Waals surface area contributed by atoms with Crippen molar-refractivity contribution in [3.8, 4) is 0 Å². The maximum Gasteiger partial charge on any atom is 0.294 e. The minimum absolute atomic E-state index is 0.0567. The van der Waals surface area contributed by atoms with Crippen molar-refractivity contribution < 1.29 is 13.0 Å². The summed E-state index contributed by atoms with van der Waals surface area (Å²) in [6, 6.07) is 14.8. The van der Waals surface area contributed by atoms with Crippen LogP contribution in [0.3, 0.4) is 0 Å². The highest BCUT2D eigenvalue weighted by Gasteiger charge is 2.13. The molecule has 0 aliphatic carbocycles. The van der Waals surface area contributed by atoms with Gasteiger partial charge in [-0.3, -0.25) is 4.55 Å². The van der Waals surface area contributed by atoms with Crippen LogP contribution in [0.25, 0.3) is 0 Å². The second-order valence-corrected chi connectivity index (χ2v) is 8.78. The normalized spacial score (nSPS) is 13.0. The van der Waals surface area contributed by atoms with Crippen LogP contribution in [0.5, 0.6) is 0 Å². The van der Waals surface area contributed by atoms with Crippen molar-refractivity contribution in [3.63, 3.8) is 0 Å². The van der Waals surface area contributed by atoms with Crippen molar-refractivity contribution in [2.24, 2.45) is 0 Å². The molecule has 0 spiro atoms. The molecule has 2 aromatic carbocycles. The third-order valence-corrected chi connectivity index (χ3v) is 5.24. The predicted octanol–water partition coefficient (Wildman–Crippen LogP) is 2.86. The molecular formula is C16H19O3PS. The molecule has 1 N–H and O–H groups in total. The Morgan fingerprint density at radius 3 is 2.10 bits per heavy atom. The first kappa shape index (κ1) is 16.2. The molecule has 0 heterocycles. The summed E-state index contributed by atoms with van der Waals surface area (Å²) in [5.41, 5.74) is 1.38. The van der Waals surface area contributed by atoms with Crippen molar-refractivity contribution in [3.05, 3.63) is 54.1 Å². The molecule has 112 valence electrons. The van der Waals surface area contributed by atoms with E-state index in [9.17, 15) is 8.42 Å². The molecule has 21 heavy (non-hydrogen) atoms. The van der Waals surface area contributed by atoms with E-state index in [0.29, 0.717) is 8.58 Å². The lowest BCUT2D eigenvalue weighted by atomic mass is 9.87. The lowest BCUT2D eigenvalue weighted by Crippen LogP contribution is -2.12. The SMILES string of the molecule is CC(C)(C)c1ccc(Pc2cccc(S(=O)(=O)O)c2)cc1. The Kier molecular flexibility index (Phi) is 4.52. The van der Waals surface area contributed by atoms with Gasteiger partial charge in [-0.2, -0.15) is 8.42 Å². The summed E-state index contributed by atoms with van der Waals surface area (Å²) in [6.45, 7) is 6.50. The molecule has 3 nitrogen and oxygen atoms in total. The molecule has 0 saturated heterocycles. The summed E-state index contributed by atoms with van der Waals surface area (Å²) in [4.78, 5) is -0.0567. The molecule has 0 radical (unpaired) electrons. The highest BCUT2D eigenvalue weighted by Crippen LogP contribution is 2.22. The Morgan fingerprint density at radius 2 is 1.57 bits per heavy atom. The molecule has 0 amide bonds. The van der Waals surface area contributed by atoms with Gasteiger partial charge in [0.15, 0.2) is 0 Å². The minimum Gasteiger partial charge on any atom is -0.282 e. The van der Waals surface area contributed by atoms with Gasteiger partial charge in [0.25, 0.3) is 10.1 Å². The first-order chi connectivity index (χ1) is 9.66. The second-order valence-electron chi connectivity index (χ2n) is 5.96. The molecule has 0 bridgehead atoms. The minimum atomic E-state index is -4.14. The first-order valence-corrected chi connectivity index (χ1v) is 9.05. The van der Waals surface area contributed by atoms with Crippen molar-refractivity contribution in [2.75, 3.05) is 0 Å². The summed E-state index contributed by atoms with van der Waals surface area (Å²) in [7, 11) is -3.78. The van der Waals surface area contributed by atoms with Crippen molar-refractivity contribution in [1.29, 1.82) is 0 Å². The van der Waals surface area contributed by atoms with Gasteiger partial charge in [0.05, 0.1) is 4.90 Å². The van der Waals surface area contributed by atoms with Gasteiger partial charge in [0, 0.05) is 0 Å². The van der Waals surface area contributed by atoms with E-state index < -0.39 is 10.1 Å². The van der Waals surface area contributed by atoms with E-state index in [1.54, 1.807) is 6.07 Å². The third kappa shape index (κ3) is 4.37. The fourth-order valence-corrected chi connectivity index (χ4v) is 3.66. The molecule has 5 heteroatoms. The van der Waals surface area contributed by atoms with Crippen LogP contribution in [-0.2, 0) is 15.5 Å². The molecule has 1 atom stereocenters. The van der Waals surface area contributed by atoms with Gasteiger partial charge in [-0.05, 0) is 33.7 Å². The summed E-state index contributed by atoms with van der Waals surface area (Å²) in [5, 5.41) is 2.02. The number of hydrogen-bond donors (Lipinski definition) is 1. The van der Waals surface area contributed by atoms with Gasteiger partial charge in [0.2, 0.25) is 0 Å².